The molecule has 5 nitrogen and oxygen atoms in total. The summed E-state index contributed by atoms with van der Waals surface area (Å²) in [6, 6.07) is 8.74. The summed E-state index contributed by atoms with van der Waals surface area (Å²) >= 11 is 0. The second-order valence-electron chi connectivity index (χ2n) is 5.95. The molecule has 5 heteroatoms. The molecule has 142 valence electrons. The number of ether oxygens (including phenoxy) is 1. The molecule has 25 heavy (non-hydrogen) atoms. The van der Waals surface area contributed by atoms with Crippen LogP contribution >= 0.6 is 0 Å². The topological polar surface area (TPSA) is 48.9 Å². The van der Waals surface area contributed by atoms with Gasteiger partial charge in [-0.1, -0.05) is 38.1 Å². The van der Waals surface area contributed by atoms with Gasteiger partial charge in [0.2, 0.25) is 0 Å². The fourth-order valence-electron chi connectivity index (χ4n) is 2.57. The summed E-state index contributed by atoms with van der Waals surface area (Å²) in [5, 5.41) is 6.66. The third-order valence-electron chi connectivity index (χ3n) is 4.02. The van der Waals surface area contributed by atoms with Crippen molar-refractivity contribution in [1.82, 2.24) is 15.5 Å². The van der Waals surface area contributed by atoms with E-state index in [2.05, 4.69) is 60.6 Å². The number of nitrogens with one attached hydrogen (secondary N) is 2. The molecule has 0 radical (unpaired) electrons. The van der Waals surface area contributed by atoms with Crippen molar-refractivity contribution in [2.45, 2.75) is 47.2 Å². The molecule has 1 aromatic rings. The summed E-state index contributed by atoms with van der Waals surface area (Å²) in [6.07, 6.45) is 0.984. The molecular weight excluding hydrogens is 312 g/mol. The van der Waals surface area contributed by atoms with Gasteiger partial charge in [0.1, 0.15) is 0 Å². The van der Waals surface area contributed by atoms with Gasteiger partial charge in [-0.3, -0.25) is 4.90 Å². The van der Waals surface area contributed by atoms with Gasteiger partial charge < -0.3 is 15.4 Å². The van der Waals surface area contributed by atoms with Gasteiger partial charge in [0.05, 0.1) is 6.54 Å². The average Bonchev–Trinajstić information content (AvgIpc) is 2.64. The quantitative estimate of drug-likeness (QED) is 0.346. The van der Waals surface area contributed by atoms with E-state index < -0.39 is 0 Å². The zero-order valence-electron chi connectivity index (χ0n) is 16.5. The smallest absolute Gasteiger partial charge is 0.191 e. The van der Waals surface area contributed by atoms with Crippen LogP contribution in [0.5, 0.6) is 0 Å². The summed E-state index contributed by atoms with van der Waals surface area (Å²) in [6.45, 7) is 15.7. The van der Waals surface area contributed by atoms with Crippen molar-refractivity contribution in [3.63, 3.8) is 0 Å². The van der Waals surface area contributed by atoms with Crippen LogP contribution in [-0.4, -0.2) is 50.3 Å². The van der Waals surface area contributed by atoms with Gasteiger partial charge in [-0.05, 0) is 44.5 Å². The van der Waals surface area contributed by atoms with Gasteiger partial charge >= 0.3 is 0 Å². The molecule has 0 spiro atoms. The van der Waals surface area contributed by atoms with Crippen LogP contribution in [0.4, 0.5) is 0 Å². The Morgan fingerprint density at radius 2 is 1.84 bits per heavy atom. The molecule has 0 heterocycles. The summed E-state index contributed by atoms with van der Waals surface area (Å²) in [5.41, 5.74) is 2.60. The van der Waals surface area contributed by atoms with Gasteiger partial charge in [0, 0.05) is 32.8 Å². The van der Waals surface area contributed by atoms with Gasteiger partial charge in [-0.15, -0.1) is 0 Å². The Bertz CT molecular complexity index is 486. The molecule has 0 aromatic heterocycles. The number of aliphatic imine (C=N–C) groups is 1. The zero-order valence-corrected chi connectivity index (χ0v) is 16.5. The molecule has 1 rings (SSSR count). The number of hydrogen-bond acceptors (Lipinski definition) is 3. The Balaban J connectivity index is 2.56. The first kappa shape index (κ1) is 21.5. The third kappa shape index (κ3) is 9.46. The lowest BCUT2D eigenvalue weighted by Gasteiger charge is -2.18. The highest BCUT2D eigenvalue weighted by Gasteiger charge is 2.02. The maximum Gasteiger partial charge on any atom is 0.191 e. The molecule has 0 saturated carbocycles. The highest BCUT2D eigenvalue weighted by atomic mass is 16.5. The molecule has 2 N–H and O–H groups in total. The first-order chi connectivity index (χ1) is 12.2. The van der Waals surface area contributed by atoms with Crippen LogP contribution in [0.15, 0.2) is 29.3 Å². The van der Waals surface area contributed by atoms with Crippen LogP contribution in [-0.2, 0) is 17.8 Å². The number of benzene rings is 1. The van der Waals surface area contributed by atoms with Crippen molar-refractivity contribution in [3.05, 3.63) is 35.4 Å². The molecular formula is C20H36N4O. The van der Waals surface area contributed by atoms with Crippen LogP contribution in [0.25, 0.3) is 0 Å². The normalized spacial score (nSPS) is 11.8. The van der Waals surface area contributed by atoms with Crippen molar-refractivity contribution >= 4 is 5.96 Å². The van der Waals surface area contributed by atoms with Crippen LogP contribution in [0.1, 0.15) is 45.2 Å². The minimum absolute atomic E-state index is 0.687. The molecule has 0 amide bonds. The second kappa shape index (κ2) is 13.7. The molecule has 1 aromatic carbocycles. The highest BCUT2D eigenvalue weighted by molar-refractivity contribution is 5.79. The molecule has 0 saturated heterocycles. The van der Waals surface area contributed by atoms with E-state index in [0.29, 0.717) is 6.54 Å². The summed E-state index contributed by atoms with van der Waals surface area (Å²) < 4.78 is 5.36. The highest BCUT2D eigenvalue weighted by Crippen LogP contribution is 2.09. The first-order valence-corrected chi connectivity index (χ1v) is 9.63. The van der Waals surface area contributed by atoms with E-state index in [-0.39, 0.29) is 0 Å². The fraction of sp³-hybridized carbons (Fsp3) is 0.650. The van der Waals surface area contributed by atoms with Gasteiger partial charge in [0.25, 0.3) is 0 Å². The lowest BCUT2D eigenvalue weighted by atomic mass is 10.1. The van der Waals surface area contributed by atoms with Crippen molar-refractivity contribution in [1.29, 1.82) is 0 Å². The lowest BCUT2D eigenvalue weighted by Crippen LogP contribution is -2.38. The minimum atomic E-state index is 0.687. The van der Waals surface area contributed by atoms with Gasteiger partial charge in [-0.2, -0.15) is 0 Å². The number of rotatable bonds is 12. The molecule has 0 aliphatic carbocycles. The molecule has 0 aliphatic heterocycles. The third-order valence-corrected chi connectivity index (χ3v) is 4.02. The SMILES string of the molecule is CCNC(=NCc1cccc(CN(CC)CC)c1)NCCCOCC. The molecule has 0 fully saturated rings. The zero-order chi connectivity index (χ0) is 18.3. The Morgan fingerprint density at radius 1 is 1.08 bits per heavy atom. The van der Waals surface area contributed by atoms with Crippen molar-refractivity contribution < 1.29 is 4.74 Å². The number of hydrogen-bond donors (Lipinski definition) is 2. The van der Waals surface area contributed by atoms with Crippen molar-refractivity contribution in [2.75, 3.05) is 39.4 Å². The van der Waals surface area contributed by atoms with Crippen LogP contribution in [0, 0.1) is 0 Å². The molecule has 0 unspecified atom stereocenters. The van der Waals surface area contributed by atoms with E-state index in [4.69, 9.17) is 9.73 Å². The molecule has 0 bridgehead atoms. The predicted molar refractivity (Wildman–Crippen MR) is 107 cm³/mol. The van der Waals surface area contributed by atoms with E-state index in [1.54, 1.807) is 0 Å². The van der Waals surface area contributed by atoms with Crippen LogP contribution in [0.3, 0.4) is 0 Å². The predicted octanol–water partition coefficient (Wildman–Crippen LogP) is 3.01. The second-order valence-corrected chi connectivity index (χ2v) is 5.95. The fourth-order valence-corrected chi connectivity index (χ4v) is 2.57. The van der Waals surface area contributed by atoms with Crippen LogP contribution < -0.4 is 10.6 Å². The minimum Gasteiger partial charge on any atom is -0.382 e. The monoisotopic (exact) mass is 348 g/mol. The Hall–Kier alpha value is -1.59. The van der Waals surface area contributed by atoms with E-state index >= 15 is 0 Å². The largest absolute Gasteiger partial charge is 0.382 e. The van der Waals surface area contributed by atoms with E-state index in [1.807, 2.05) is 6.92 Å². The molecule has 0 aliphatic rings. The van der Waals surface area contributed by atoms with Gasteiger partial charge in [0.15, 0.2) is 5.96 Å². The summed E-state index contributed by atoms with van der Waals surface area (Å²) in [7, 11) is 0. The van der Waals surface area contributed by atoms with Gasteiger partial charge in [-0.25, -0.2) is 4.99 Å². The van der Waals surface area contributed by atoms with E-state index in [0.717, 1.165) is 58.3 Å². The number of nitrogens with zero attached hydrogens (tertiary/aromatic N) is 2. The Labute approximate surface area is 153 Å². The lowest BCUT2D eigenvalue weighted by molar-refractivity contribution is 0.145. The standard InChI is InChI=1S/C20H36N4O/c1-5-21-20(22-13-10-14-25-8-4)23-16-18-11-9-12-19(15-18)17-24(6-2)7-3/h9,11-12,15H,5-8,10,13-14,16-17H2,1-4H3,(H2,21,22,23). The average molecular weight is 349 g/mol. The molecule has 0 atom stereocenters. The van der Waals surface area contributed by atoms with Crippen molar-refractivity contribution in [2.24, 2.45) is 4.99 Å². The Kier molecular flexibility index (Phi) is 11.7. The number of guanidine groups is 1. The van der Waals surface area contributed by atoms with Crippen molar-refractivity contribution in [3.8, 4) is 0 Å². The summed E-state index contributed by atoms with van der Waals surface area (Å²) in [5.74, 6) is 0.869. The van der Waals surface area contributed by atoms with Crippen LogP contribution in [0.2, 0.25) is 0 Å². The maximum atomic E-state index is 5.36. The van der Waals surface area contributed by atoms with E-state index in [9.17, 15) is 0 Å². The maximum absolute atomic E-state index is 5.36. The van der Waals surface area contributed by atoms with E-state index in [1.165, 1.54) is 11.1 Å². The Morgan fingerprint density at radius 3 is 2.52 bits per heavy atom. The summed E-state index contributed by atoms with van der Waals surface area (Å²) in [4.78, 5) is 7.13. The first-order valence-electron chi connectivity index (χ1n) is 9.63.